The quantitative estimate of drug-likeness (QED) is 0.297. The van der Waals surface area contributed by atoms with Crippen molar-refractivity contribution in [1.29, 1.82) is 5.26 Å². The minimum Gasteiger partial charge on any atom is -0.445 e. The summed E-state index contributed by atoms with van der Waals surface area (Å²) in [5.41, 5.74) is 0.797. The summed E-state index contributed by atoms with van der Waals surface area (Å²) in [4.78, 5) is 37.8. The Labute approximate surface area is 224 Å². The lowest BCUT2D eigenvalue weighted by atomic mass is 9.95. The fraction of sp³-hybridized carbons (Fsp3) is 0.571. The van der Waals surface area contributed by atoms with Crippen LogP contribution in [0.2, 0.25) is 5.02 Å². The molecule has 1 aromatic carbocycles. The molecule has 1 aromatic rings. The number of nitrogens with one attached hydrogen (secondary N) is 3. The van der Waals surface area contributed by atoms with E-state index in [9.17, 15) is 19.6 Å². The standard InChI is InChI=1S/C28H37ClN4O4/c1-2-3-4-5-6-12-24(32-27(36)37-15-8-10-20-9-7-11-22(29)16-20)26(35)31-23(19-30)17-21-18-28(13-14-28)33-25(21)34/h7-11,16,21,23-24H,2-6,12-15,17-18H2,1H3,(H,31,35)(H,32,36)(H,33,34)/b10-8+/t21?,23-,24-/m0/s1. The van der Waals surface area contributed by atoms with Crippen LogP contribution < -0.4 is 16.0 Å². The second kappa shape index (κ2) is 14.0. The van der Waals surface area contributed by atoms with Crippen LogP contribution >= 0.6 is 11.6 Å². The van der Waals surface area contributed by atoms with E-state index >= 15 is 0 Å². The highest BCUT2D eigenvalue weighted by Gasteiger charge is 2.52. The molecule has 1 heterocycles. The molecule has 200 valence electrons. The molecule has 1 aliphatic heterocycles. The zero-order valence-electron chi connectivity index (χ0n) is 21.4. The van der Waals surface area contributed by atoms with Crippen LogP contribution in [0.1, 0.15) is 76.7 Å². The van der Waals surface area contributed by atoms with E-state index in [-0.39, 0.29) is 30.4 Å². The number of carbonyl (C=O) groups excluding carboxylic acids is 3. The zero-order valence-corrected chi connectivity index (χ0v) is 22.2. The molecule has 3 atom stereocenters. The van der Waals surface area contributed by atoms with Gasteiger partial charge in [-0.2, -0.15) is 5.26 Å². The van der Waals surface area contributed by atoms with Crippen molar-refractivity contribution in [3.63, 3.8) is 0 Å². The van der Waals surface area contributed by atoms with Crippen molar-refractivity contribution >= 4 is 35.6 Å². The van der Waals surface area contributed by atoms with Crippen molar-refractivity contribution in [3.05, 3.63) is 40.9 Å². The molecule has 2 fully saturated rings. The van der Waals surface area contributed by atoms with Crippen LogP contribution in [-0.4, -0.2) is 42.1 Å². The van der Waals surface area contributed by atoms with Crippen LogP contribution in [0.3, 0.4) is 0 Å². The minimum atomic E-state index is -0.825. The SMILES string of the molecule is CCCCCCC[C@H](NC(=O)OC/C=C/c1cccc(Cl)c1)C(=O)N[C@H](C#N)CC1CC2(CC2)NC1=O. The van der Waals surface area contributed by atoms with E-state index in [0.717, 1.165) is 50.5 Å². The normalized spacial score (nSPS) is 19.2. The minimum absolute atomic E-state index is 0.0303. The molecule has 1 saturated carbocycles. The van der Waals surface area contributed by atoms with Crippen LogP contribution in [0.4, 0.5) is 4.79 Å². The predicted octanol–water partition coefficient (Wildman–Crippen LogP) is 4.88. The van der Waals surface area contributed by atoms with Gasteiger partial charge in [0, 0.05) is 16.5 Å². The van der Waals surface area contributed by atoms with Gasteiger partial charge in [-0.1, -0.05) is 68.8 Å². The van der Waals surface area contributed by atoms with Gasteiger partial charge in [-0.05, 0) is 55.9 Å². The highest BCUT2D eigenvalue weighted by atomic mass is 35.5. The average Bonchev–Trinajstić information content (AvgIpc) is 3.55. The van der Waals surface area contributed by atoms with Gasteiger partial charge in [0.1, 0.15) is 18.7 Å². The number of hydrogen-bond acceptors (Lipinski definition) is 5. The largest absolute Gasteiger partial charge is 0.445 e. The molecular formula is C28H37ClN4O4. The van der Waals surface area contributed by atoms with Gasteiger partial charge in [-0.15, -0.1) is 0 Å². The van der Waals surface area contributed by atoms with E-state index in [1.54, 1.807) is 24.3 Å². The molecule has 3 amide bonds. The third-order valence-corrected chi connectivity index (χ3v) is 7.15. The summed E-state index contributed by atoms with van der Waals surface area (Å²) < 4.78 is 5.23. The number of nitrogens with zero attached hydrogens (tertiary/aromatic N) is 1. The molecule has 0 bridgehead atoms. The lowest BCUT2D eigenvalue weighted by Crippen LogP contribution is -2.50. The molecule has 8 nitrogen and oxygen atoms in total. The molecule has 9 heteroatoms. The Morgan fingerprint density at radius 1 is 1.27 bits per heavy atom. The first-order valence-electron chi connectivity index (χ1n) is 13.2. The van der Waals surface area contributed by atoms with Crippen molar-refractivity contribution in [3.8, 4) is 6.07 Å². The number of amides is 3. The van der Waals surface area contributed by atoms with Gasteiger partial charge < -0.3 is 20.7 Å². The third kappa shape index (κ3) is 9.40. The first-order chi connectivity index (χ1) is 17.8. The second-order valence-corrected chi connectivity index (χ2v) is 10.5. The molecule has 3 rings (SSSR count). The van der Waals surface area contributed by atoms with Crippen molar-refractivity contribution < 1.29 is 19.1 Å². The molecule has 37 heavy (non-hydrogen) atoms. The number of benzene rings is 1. The van der Waals surface area contributed by atoms with Crippen LogP contribution in [0.25, 0.3) is 6.08 Å². The predicted molar refractivity (Wildman–Crippen MR) is 143 cm³/mol. The number of unbranched alkanes of at least 4 members (excludes halogenated alkanes) is 4. The Bertz CT molecular complexity index is 1020. The maximum Gasteiger partial charge on any atom is 0.408 e. The zero-order chi connectivity index (χ0) is 26.7. The number of hydrogen-bond donors (Lipinski definition) is 3. The van der Waals surface area contributed by atoms with Crippen LogP contribution in [-0.2, 0) is 14.3 Å². The van der Waals surface area contributed by atoms with Gasteiger partial charge in [0.25, 0.3) is 0 Å². The Morgan fingerprint density at radius 2 is 2.05 bits per heavy atom. The lowest BCUT2D eigenvalue weighted by Gasteiger charge is -2.21. The van der Waals surface area contributed by atoms with E-state index in [0.29, 0.717) is 17.9 Å². The number of carbonyl (C=O) groups is 3. The molecule has 1 aliphatic carbocycles. The smallest absolute Gasteiger partial charge is 0.408 e. The number of halogens is 1. The highest BCUT2D eigenvalue weighted by Crippen LogP contribution is 2.46. The highest BCUT2D eigenvalue weighted by molar-refractivity contribution is 6.30. The number of rotatable bonds is 14. The molecule has 0 aromatic heterocycles. The third-order valence-electron chi connectivity index (χ3n) is 6.92. The van der Waals surface area contributed by atoms with E-state index in [4.69, 9.17) is 16.3 Å². The van der Waals surface area contributed by atoms with Gasteiger partial charge in [-0.25, -0.2) is 4.79 Å². The summed E-state index contributed by atoms with van der Waals surface area (Å²) in [5.74, 6) is -0.774. The first-order valence-corrected chi connectivity index (χ1v) is 13.6. The summed E-state index contributed by atoms with van der Waals surface area (Å²) in [7, 11) is 0. The van der Waals surface area contributed by atoms with E-state index in [1.807, 2.05) is 12.1 Å². The van der Waals surface area contributed by atoms with Crippen LogP contribution in [0.5, 0.6) is 0 Å². The molecular weight excluding hydrogens is 492 g/mol. The molecule has 1 spiro atoms. The molecule has 2 aliphatic rings. The Kier molecular flexibility index (Phi) is 10.8. The Morgan fingerprint density at radius 3 is 2.73 bits per heavy atom. The molecule has 3 N–H and O–H groups in total. The van der Waals surface area contributed by atoms with Gasteiger partial charge in [0.05, 0.1) is 6.07 Å². The summed E-state index contributed by atoms with van der Waals surface area (Å²) in [6, 6.07) is 7.76. The summed E-state index contributed by atoms with van der Waals surface area (Å²) in [6.45, 7) is 2.16. The van der Waals surface area contributed by atoms with E-state index in [1.165, 1.54) is 0 Å². The topological polar surface area (TPSA) is 120 Å². The maximum atomic E-state index is 13.1. The Balaban J connectivity index is 1.51. The van der Waals surface area contributed by atoms with Crippen molar-refractivity contribution in [2.24, 2.45) is 5.92 Å². The van der Waals surface area contributed by atoms with Gasteiger partial charge in [0.2, 0.25) is 11.8 Å². The van der Waals surface area contributed by atoms with E-state index in [2.05, 4.69) is 28.9 Å². The second-order valence-electron chi connectivity index (χ2n) is 10.1. The molecule has 1 unspecified atom stereocenters. The van der Waals surface area contributed by atoms with Crippen molar-refractivity contribution in [2.75, 3.05) is 6.61 Å². The average molecular weight is 529 g/mol. The maximum absolute atomic E-state index is 13.1. The van der Waals surface area contributed by atoms with Crippen LogP contribution in [0.15, 0.2) is 30.3 Å². The van der Waals surface area contributed by atoms with Crippen molar-refractivity contribution in [2.45, 2.75) is 88.8 Å². The molecule has 0 radical (unpaired) electrons. The van der Waals surface area contributed by atoms with Gasteiger partial charge in [0.15, 0.2) is 0 Å². The summed E-state index contributed by atoms with van der Waals surface area (Å²) in [5, 5.41) is 18.7. The fourth-order valence-corrected chi connectivity index (χ4v) is 4.87. The number of ether oxygens (including phenoxy) is 1. The van der Waals surface area contributed by atoms with Crippen LogP contribution in [0, 0.1) is 17.2 Å². The summed E-state index contributed by atoms with van der Waals surface area (Å²) in [6.07, 6.45) is 11.1. The Hall–Kier alpha value is -3.05. The first kappa shape index (κ1) is 28.5. The van der Waals surface area contributed by atoms with Crippen molar-refractivity contribution in [1.82, 2.24) is 16.0 Å². The summed E-state index contributed by atoms with van der Waals surface area (Å²) >= 11 is 5.97. The van der Waals surface area contributed by atoms with Gasteiger partial charge >= 0.3 is 6.09 Å². The number of alkyl carbamates (subject to hydrolysis) is 1. The fourth-order valence-electron chi connectivity index (χ4n) is 4.67. The number of nitriles is 1. The van der Waals surface area contributed by atoms with Gasteiger partial charge in [-0.3, -0.25) is 9.59 Å². The monoisotopic (exact) mass is 528 g/mol. The molecule has 1 saturated heterocycles. The van der Waals surface area contributed by atoms with E-state index < -0.39 is 24.1 Å². The lowest BCUT2D eigenvalue weighted by molar-refractivity contribution is -0.125.